The SMILES string of the molecule is Cc1ccc2c3ccccc3n(-c3cc(-c4ccc(C(F)(F)F)cc4C#N)cc(-n4c5ccccc5c5ccc(C)cc54)c3C#N)c2c1. The van der Waals surface area contributed by atoms with Crippen molar-refractivity contribution in [2.45, 2.75) is 20.0 Å². The molecule has 6 aromatic carbocycles. The maximum Gasteiger partial charge on any atom is 0.416 e. The van der Waals surface area contributed by atoms with E-state index >= 15 is 0 Å². The molecule has 0 amide bonds. The molecule has 0 fully saturated rings. The molecule has 0 aliphatic carbocycles. The molecule has 0 saturated heterocycles. The number of hydrogen-bond acceptors (Lipinski definition) is 2. The summed E-state index contributed by atoms with van der Waals surface area (Å²) in [6.07, 6.45) is -4.60. The van der Waals surface area contributed by atoms with Crippen molar-refractivity contribution in [3.8, 4) is 34.6 Å². The number of aryl methyl sites for hydroxylation is 2. The summed E-state index contributed by atoms with van der Waals surface area (Å²) in [5.41, 5.74) is 6.97. The molecule has 0 atom stereocenters. The van der Waals surface area contributed by atoms with Crippen LogP contribution in [0.25, 0.3) is 66.1 Å². The number of para-hydroxylation sites is 2. The van der Waals surface area contributed by atoms with Gasteiger partial charge in [0.15, 0.2) is 0 Å². The van der Waals surface area contributed by atoms with Crippen molar-refractivity contribution in [2.75, 3.05) is 0 Å². The van der Waals surface area contributed by atoms with Crippen LogP contribution in [0.4, 0.5) is 13.2 Å². The smallest absolute Gasteiger partial charge is 0.308 e. The van der Waals surface area contributed by atoms with E-state index in [0.29, 0.717) is 28.1 Å². The van der Waals surface area contributed by atoms with Gasteiger partial charge >= 0.3 is 6.18 Å². The van der Waals surface area contributed by atoms with E-state index in [1.165, 1.54) is 6.07 Å². The average molecular weight is 631 g/mol. The zero-order valence-electron chi connectivity index (χ0n) is 25.9. The summed E-state index contributed by atoms with van der Waals surface area (Å²) in [6.45, 7) is 4.02. The van der Waals surface area contributed by atoms with Crippen molar-refractivity contribution in [2.24, 2.45) is 0 Å². The van der Waals surface area contributed by atoms with Crippen LogP contribution in [0, 0.1) is 36.5 Å². The van der Waals surface area contributed by atoms with Gasteiger partial charge in [-0.2, -0.15) is 23.7 Å². The van der Waals surface area contributed by atoms with E-state index in [2.05, 4.69) is 39.5 Å². The quantitative estimate of drug-likeness (QED) is 0.195. The van der Waals surface area contributed by atoms with Gasteiger partial charge in [0.1, 0.15) is 11.6 Å². The number of rotatable bonds is 3. The van der Waals surface area contributed by atoms with Crippen LogP contribution in [0.1, 0.15) is 27.8 Å². The van der Waals surface area contributed by atoms with E-state index in [-0.39, 0.29) is 5.56 Å². The van der Waals surface area contributed by atoms with E-state index in [1.807, 2.05) is 92.7 Å². The van der Waals surface area contributed by atoms with Crippen LogP contribution in [0.15, 0.2) is 115 Å². The van der Waals surface area contributed by atoms with E-state index in [1.54, 1.807) is 0 Å². The minimum atomic E-state index is -4.60. The van der Waals surface area contributed by atoms with Gasteiger partial charge in [-0.25, -0.2) is 0 Å². The zero-order valence-corrected chi connectivity index (χ0v) is 25.9. The lowest BCUT2D eigenvalue weighted by Gasteiger charge is -2.19. The molecule has 48 heavy (non-hydrogen) atoms. The monoisotopic (exact) mass is 630 g/mol. The van der Waals surface area contributed by atoms with Gasteiger partial charge in [0.2, 0.25) is 0 Å². The Morgan fingerprint density at radius 2 is 1.04 bits per heavy atom. The van der Waals surface area contributed by atoms with Gasteiger partial charge in [0, 0.05) is 21.5 Å². The van der Waals surface area contributed by atoms with Gasteiger partial charge in [-0.1, -0.05) is 66.7 Å². The Labute approximate surface area is 273 Å². The molecule has 0 radical (unpaired) electrons. The number of hydrogen-bond donors (Lipinski definition) is 0. The molecule has 8 aromatic rings. The third-order valence-electron chi connectivity index (χ3n) is 9.13. The third kappa shape index (κ3) is 4.36. The molecule has 0 unspecified atom stereocenters. The second-order valence-electron chi connectivity index (χ2n) is 12.1. The molecule has 230 valence electrons. The Morgan fingerprint density at radius 1 is 0.542 bits per heavy atom. The molecule has 2 heterocycles. The van der Waals surface area contributed by atoms with Crippen molar-refractivity contribution < 1.29 is 13.2 Å². The van der Waals surface area contributed by atoms with Gasteiger partial charge in [-0.05, 0) is 84.6 Å². The fourth-order valence-electron chi connectivity index (χ4n) is 6.98. The largest absolute Gasteiger partial charge is 0.416 e. The van der Waals surface area contributed by atoms with Gasteiger partial charge in [0.25, 0.3) is 0 Å². The lowest BCUT2D eigenvalue weighted by molar-refractivity contribution is -0.137. The maximum atomic E-state index is 13.7. The van der Waals surface area contributed by atoms with Crippen molar-refractivity contribution >= 4 is 43.6 Å². The summed E-state index contributed by atoms with van der Waals surface area (Å²) >= 11 is 0. The number of nitrogens with zero attached hydrogens (tertiary/aromatic N) is 4. The number of aromatic nitrogens is 2. The van der Waals surface area contributed by atoms with Crippen molar-refractivity contribution in [1.82, 2.24) is 9.13 Å². The van der Waals surface area contributed by atoms with E-state index in [0.717, 1.165) is 66.9 Å². The predicted octanol–water partition coefficient (Wildman–Crippen LogP) is 10.9. The van der Waals surface area contributed by atoms with E-state index < -0.39 is 11.7 Å². The van der Waals surface area contributed by atoms with Gasteiger partial charge in [0.05, 0.1) is 50.6 Å². The molecule has 7 heteroatoms. The first-order valence-corrected chi connectivity index (χ1v) is 15.4. The summed E-state index contributed by atoms with van der Waals surface area (Å²) in [5, 5.41) is 25.2. The summed E-state index contributed by atoms with van der Waals surface area (Å²) in [7, 11) is 0. The Morgan fingerprint density at radius 3 is 1.52 bits per heavy atom. The topological polar surface area (TPSA) is 57.4 Å². The maximum absolute atomic E-state index is 13.7. The first-order chi connectivity index (χ1) is 23.2. The molecular formula is C41H25F3N4. The Balaban J connectivity index is 1.57. The normalized spacial score (nSPS) is 11.8. The van der Waals surface area contributed by atoms with Crippen molar-refractivity contribution in [3.05, 3.63) is 143 Å². The van der Waals surface area contributed by atoms with Crippen molar-refractivity contribution in [3.63, 3.8) is 0 Å². The highest BCUT2D eigenvalue weighted by Gasteiger charge is 2.31. The minimum Gasteiger partial charge on any atom is -0.308 e. The van der Waals surface area contributed by atoms with Crippen LogP contribution in [0.3, 0.4) is 0 Å². The van der Waals surface area contributed by atoms with Gasteiger partial charge < -0.3 is 9.13 Å². The number of alkyl halides is 3. The number of halogens is 3. The fraction of sp³-hybridized carbons (Fsp3) is 0.0732. The predicted molar refractivity (Wildman–Crippen MR) is 184 cm³/mol. The Kier molecular flexibility index (Phi) is 6.44. The average Bonchev–Trinajstić information content (AvgIpc) is 3.58. The summed E-state index contributed by atoms with van der Waals surface area (Å²) < 4.78 is 45.3. The highest BCUT2D eigenvalue weighted by atomic mass is 19.4. The van der Waals surface area contributed by atoms with Crippen LogP contribution in [-0.4, -0.2) is 9.13 Å². The molecule has 0 aliphatic heterocycles. The molecule has 0 spiro atoms. The highest BCUT2D eigenvalue weighted by molar-refractivity contribution is 6.11. The molecular weight excluding hydrogens is 605 g/mol. The molecule has 8 rings (SSSR count). The number of nitriles is 2. The number of fused-ring (bicyclic) bond motifs is 6. The molecule has 2 aromatic heterocycles. The lowest BCUT2D eigenvalue weighted by Crippen LogP contribution is -2.07. The fourth-order valence-corrected chi connectivity index (χ4v) is 6.98. The Hall–Kier alpha value is -6.31. The molecule has 0 aliphatic rings. The zero-order chi connectivity index (χ0) is 33.3. The van der Waals surface area contributed by atoms with Crippen molar-refractivity contribution in [1.29, 1.82) is 10.5 Å². The van der Waals surface area contributed by atoms with Gasteiger partial charge in [-0.15, -0.1) is 0 Å². The standard InChI is InChI=1S/C41H25F3N4/c1-24-11-14-32-30-7-3-5-9-35(30)47(37(32)17-24)39-20-26(29-16-13-28(41(42,43)44)19-27(29)22-45)21-40(34(39)23-46)48-36-10-6-4-8-31(36)33-15-12-25(2)18-38(33)48/h3-21H,1-2H3. The molecule has 4 nitrogen and oxygen atoms in total. The van der Waals surface area contributed by atoms with E-state index in [9.17, 15) is 23.7 Å². The van der Waals surface area contributed by atoms with Crippen LogP contribution < -0.4 is 0 Å². The number of benzene rings is 6. The third-order valence-corrected chi connectivity index (χ3v) is 9.13. The lowest BCUT2D eigenvalue weighted by atomic mass is 9.95. The second kappa shape index (κ2) is 10.6. The van der Waals surface area contributed by atoms with Gasteiger partial charge in [-0.3, -0.25) is 0 Å². The molecule has 0 N–H and O–H groups in total. The second-order valence-corrected chi connectivity index (χ2v) is 12.1. The molecule has 0 saturated carbocycles. The minimum absolute atomic E-state index is 0.109. The van der Waals surface area contributed by atoms with Crippen LogP contribution >= 0.6 is 0 Å². The van der Waals surface area contributed by atoms with Crippen LogP contribution in [0.5, 0.6) is 0 Å². The summed E-state index contributed by atoms with van der Waals surface area (Å²) in [5.74, 6) is 0. The van der Waals surface area contributed by atoms with Crippen LogP contribution in [-0.2, 0) is 6.18 Å². The highest BCUT2D eigenvalue weighted by Crippen LogP contribution is 2.41. The first kappa shape index (κ1) is 29.1. The van der Waals surface area contributed by atoms with E-state index in [4.69, 9.17) is 0 Å². The first-order valence-electron chi connectivity index (χ1n) is 15.4. The Bertz CT molecular complexity index is 2570. The van der Waals surface area contributed by atoms with Crippen LogP contribution in [0.2, 0.25) is 0 Å². The molecule has 0 bridgehead atoms. The summed E-state index contributed by atoms with van der Waals surface area (Å²) in [4.78, 5) is 0. The summed E-state index contributed by atoms with van der Waals surface area (Å²) in [6, 6.07) is 39.7.